The minimum atomic E-state index is -0.681. The average molecular weight is 354 g/mol. The third-order valence-electron chi connectivity index (χ3n) is 3.88. The number of aromatic nitrogens is 2. The van der Waals surface area contributed by atoms with Gasteiger partial charge in [-0.3, -0.25) is 0 Å². The van der Waals surface area contributed by atoms with Crippen molar-refractivity contribution in [3.05, 3.63) is 71.4 Å². The quantitative estimate of drug-likeness (QED) is 0.619. The Morgan fingerprint density at radius 2 is 1.62 bits per heavy atom. The lowest BCUT2D eigenvalue weighted by Crippen LogP contribution is -2.03. The van der Waals surface area contributed by atoms with Crippen LogP contribution in [-0.2, 0) is 0 Å². The molecule has 3 rings (SSSR count). The van der Waals surface area contributed by atoms with Gasteiger partial charge in [0.05, 0.1) is 5.69 Å². The molecule has 26 heavy (non-hydrogen) atoms. The second-order valence-corrected chi connectivity index (χ2v) is 6.37. The first-order chi connectivity index (χ1) is 12.4. The van der Waals surface area contributed by atoms with Crippen LogP contribution in [0.5, 0.6) is 0 Å². The van der Waals surface area contributed by atoms with E-state index in [1.165, 1.54) is 17.7 Å². The summed E-state index contributed by atoms with van der Waals surface area (Å²) in [5.74, 6) is -0.0310. The number of nitrogens with one attached hydrogen (secondary N) is 2. The largest absolute Gasteiger partial charge is 0.338 e. The highest BCUT2D eigenvalue weighted by Gasteiger charge is 2.08. The molecule has 0 amide bonds. The Hall–Kier alpha value is -3.02. The minimum Gasteiger partial charge on any atom is -0.338 e. The van der Waals surface area contributed by atoms with Gasteiger partial charge in [0, 0.05) is 23.5 Å². The van der Waals surface area contributed by atoms with Gasteiger partial charge in [0.15, 0.2) is 0 Å². The monoisotopic (exact) mass is 354 g/mol. The highest BCUT2D eigenvalue weighted by molar-refractivity contribution is 5.60. The van der Waals surface area contributed by atoms with Gasteiger partial charge in [-0.2, -0.15) is 4.98 Å². The number of benzene rings is 2. The minimum absolute atomic E-state index is 0.150. The predicted molar refractivity (Wildman–Crippen MR) is 100 cm³/mol. The van der Waals surface area contributed by atoms with E-state index in [0.717, 1.165) is 11.8 Å². The van der Waals surface area contributed by atoms with E-state index >= 15 is 0 Å². The molecule has 0 aliphatic heterocycles. The van der Waals surface area contributed by atoms with Gasteiger partial charge in [0.1, 0.15) is 17.5 Å². The number of aryl methyl sites for hydroxylation is 1. The van der Waals surface area contributed by atoms with Gasteiger partial charge >= 0.3 is 0 Å². The van der Waals surface area contributed by atoms with Crippen LogP contribution in [0.4, 0.5) is 31.9 Å². The molecule has 0 saturated heterocycles. The Bertz CT molecular complexity index is 908. The van der Waals surface area contributed by atoms with Gasteiger partial charge in [0.25, 0.3) is 0 Å². The van der Waals surface area contributed by atoms with Crippen LogP contribution in [0.15, 0.2) is 48.5 Å². The normalized spacial score (nSPS) is 10.8. The van der Waals surface area contributed by atoms with Gasteiger partial charge in [-0.15, -0.1) is 0 Å². The van der Waals surface area contributed by atoms with Crippen molar-refractivity contribution in [2.75, 3.05) is 10.6 Å². The van der Waals surface area contributed by atoms with Crippen molar-refractivity contribution in [3.63, 3.8) is 0 Å². The molecule has 0 atom stereocenters. The summed E-state index contributed by atoms with van der Waals surface area (Å²) >= 11 is 0. The molecule has 0 aliphatic rings. The molecule has 6 heteroatoms. The number of nitrogens with zero attached hydrogens (tertiary/aromatic N) is 2. The Balaban J connectivity index is 1.81. The first-order valence-electron chi connectivity index (χ1n) is 8.35. The van der Waals surface area contributed by atoms with Gasteiger partial charge in [-0.25, -0.2) is 13.8 Å². The fourth-order valence-corrected chi connectivity index (χ4v) is 2.50. The maximum Gasteiger partial charge on any atom is 0.229 e. The molecular formula is C20H20F2N4. The molecule has 2 N–H and O–H groups in total. The van der Waals surface area contributed by atoms with Gasteiger partial charge in [0.2, 0.25) is 5.95 Å². The van der Waals surface area contributed by atoms with Crippen molar-refractivity contribution in [2.45, 2.75) is 26.7 Å². The van der Waals surface area contributed by atoms with E-state index < -0.39 is 11.6 Å². The Morgan fingerprint density at radius 3 is 2.27 bits per heavy atom. The molecule has 0 radical (unpaired) electrons. The molecule has 1 heterocycles. The zero-order valence-electron chi connectivity index (χ0n) is 14.8. The summed E-state index contributed by atoms with van der Waals surface area (Å²) < 4.78 is 26.9. The summed E-state index contributed by atoms with van der Waals surface area (Å²) in [6.07, 6.45) is 0. The smallest absolute Gasteiger partial charge is 0.229 e. The maximum atomic E-state index is 13.8. The highest BCUT2D eigenvalue weighted by Crippen LogP contribution is 2.23. The fourth-order valence-electron chi connectivity index (χ4n) is 2.50. The molecule has 0 unspecified atom stereocenters. The van der Waals surface area contributed by atoms with Crippen LogP contribution < -0.4 is 10.6 Å². The third-order valence-corrected chi connectivity index (χ3v) is 3.88. The maximum absolute atomic E-state index is 13.8. The molecule has 0 fully saturated rings. The molecule has 2 aromatic carbocycles. The summed E-state index contributed by atoms with van der Waals surface area (Å²) in [6, 6.07) is 13.1. The van der Waals surface area contributed by atoms with E-state index in [1.807, 2.05) is 19.1 Å². The number of rotatable bonds is 5. The molecule has 1 aromatic heterocycles. The van der Waals surface area contributed by atoms with Gasteiger partial charge in [-0.05, 0) is 42.7 Å². The van der Waals surface area contributed by atoms with Crippen LogP contribution in [0.1, 0.15) is 31.0 Å². The highest BCUT2D eigenvalue weighted by atomic mass is 19.1. The molecule has 134 valence electrons. The summed E-state index contributed by atoms with van der Waals surface area (Å²) in [6.45, 7) is 6.10. The number of hydrogen-bond acceptors (Lipinski definition) is 4. The second-order valence-electron chi connectivity index (χ2n) is 6.37. The van der Waals surface area contributed by atoms with Crippen molar-refractivity contribution in [1.82, 2.24) is 9.97 Å². The van der Waals surface area contributed by atoms with E-state index in [2.05, 4.69) is 46.6 Å². The standard InChI is InChI=1S/C20H20F2N4/c1-12(2)14-4-7-16(8-5-14)24-20-23-13(3)10-19(26-20)25-18-9-6-15(21)11-17(18)22/h4-12H,1-3H3,(H2,23,24,25,26). The molecule has 0 saturated carbocycles. The summed E-state index contributed by atoms with van der Waals surface area (Å²) in [7, 11) is 0. The van der Waals surface area contributed by atoms with Crippen LogP contribution in [0.3, 0.4) is 0 Å². The zero-order valence-corrected chi connectivity index (χ0v) is 14.8. The van der Waals surface area contributed by atoms with Crippen LogP contribution in [0.2, 0.25) is 0 Å². The predicted octanol–water partition coefficient (Wildman–Crippen LogP) is 5.67. The lowest BCUT2D eigenvalue weighted by Gasteiger charge is -2.11. The fraction of sp³-hybridized carbons (Fsp3) is 0.200. The molecule has 0 aliphatic carbocycles. The van der Waals surface area contributed by atoms with E-state index in [-0.39, 0.29) is 5.69 Å². The second kappa shape index (κ2) is 7.47. The number of anilines is 4. The van der Waals surface area contributed by atoms with Crippen molar-refractivity contribution >= 4 is 23.1 Å². The third kappa shape index (κ3) is 4.33. The summed E-state index contributed by atoms with van der Waals surface area (Å²) in [5, 5.41) is 6.00. The van der Waals surface area contributed by atoms with Crippen LogP contribution in [0, 0.1) is 18.6 Å². The van der Waals surface area contributed by atoms with E-state index in [4.69, 9.17) is 0 Å². The number of halogens is 2. The molecule has 4 nitrogen and oxygen atoms in total. The summed E-state index contributed by atoms with van der Waals surface area (Å²) in [5.41, 5.74) is 2.97. The van der Waals surface area contributed by atoms with Crippen LogP contribution in [-0.4, -0.2) is 9.97 Å². The van der Waals surface area contributed by atoms with Crippen LogP contribution >= 0.6 is 0 Å². The first kappa shape index (κ1) is 17.8. The Morgan fingerprint density at radius 1 is 0.885 bits per heavy atom. The number of hydrogen-bond donors (Lipinski definition) is 2. The van der Waals surface area contributed by atoms with E-state index in [0.29, 0.717) is 23.4 Å². The first-order valence-corrected chi connectivity index (χ1v) is 8.35. The molecule has 0 bridgehead atoms. The van der Waals surface area contributed by atoms with E-state index in [1.54, 1.807) is 6.07 Å². The lowest BCUT2D eigenvalue weighted by molar-refractivity contribution is 0.586. The van der Waals surface area contributed by atoms with Crippen LogP contribution in [0.25, 0.3) is 0 Å². The molecule has 3 aromatic rings. The lowest BCUT2D eigenvalue weighted by atomic mass is 10.0. The zero-order chi connectivity index (χ0) is 18.7. The average Bonchev–Trinajstić information content (AvgIpc) is 2.57. The van der Waals surface area contributed by atoms with Gasteiger partial charge in [-0.1, -0.05) is 26.0 Å². The van der Waals surface area contributed by atoms with Crippen molar-refractivity contribution in [1.29, 1.82) is 0 Å². The molecular weight excluding hydrogens is 334 g/mol. The van der Waals surface area contributed by atoms with Crippen molar-refractivity contribution in [2.24, 2.45) is 0 Å². The van der Waals surface area contributed by atoms with Gasteiger partial charge < -0.3 is 10.6 Å². The Labute approximate surface area is 151 Å². The SMILES string of the molecule is Cc1cc(Nc2ccc(F)cc2F)nc(Nc2ccc(C(C)C)cc2)n1. The molecule has 0 spiro atoms. The summed E-state index contributed by atoms with van der Waals surface area (Å²) in [4.78, 5) is 8.70. The topological polar surface area (TPSA) is 49.8 Å². The van der Waals surface area contributed by atoms with Crippen molar-refractivity contribution in [3.8, 4) is 0 Å². The Kier molecular flexibility index (Phi) is 5.11. The van der Waals surface area contributed by atoms with E-state index in [9.17, 15) is 8.78 Å². The van der Waals surface area contributed by atoms with Crippen molar-refractivity contribution < 1.29 is 8.78 Å².